The molecule has 32 heavy (non-hydrogen) atoms. The van der Waals surface area contributed by atoms with Gasteiger partial charge in [0.2, 0.25) is 11.8 Å². The summed E-state index contributed by atoms with van der Waals surface area (Å²) in [6.07, 6.45) is 7.60. The van der Waals surface area contributed by atoms with Gasteiger partial charge >= 0.3 is 0 Å². The number of piperidine rings is 1. The van der Waals surface area contributed by atoms with Crippen molar-refractivity contribution in [3.05, 3.63) is 35.9 Å². The summed E-state index contributed by atoms with van der Waals surface area (Å²) >= 11 is 0. The second-order valence-corrected chi connectivity index (χ2v) is 9.27. The van der Waals surface area contributed by atoms with Crippen LogP contribution < -0.4 is 10.6 Å². The molecule has 3 rings (SSSR count). The van der Waals surface area contributed by atoms with Crippen LogP contribution in [0.3, 0.4) is 0 Å². The Kier molecular flexibility index (Phi) is 8.40. The van der Waals surface area contributed by atoms with E-state index >= 15 is 0 Å². The molecule has 2 fully saturated rings. The summed E-state index contributed by atoms with van der Waals surface area (Å²) in [5, 5.41) is 15.7. The van der Waals surface area contributed by atoms with Crippen molar-refractivity contribution in [1.29, 1.82) is 5.26 Å². The van der Waals surface area contributed by atoms with Gasteiger partial charge in [0.05, 0.1) is 6.07 Å². The maximum absolute atomic E-state index is 13.5. The van der Waals surface area contributed by atoms with Crippen LogP contribution in [-0.4, -0.2) is 54.3 Å². The Morgan fingerprint density at radius 2 is 1.84 bits per heavy atom. The Hall–Kier alpha value is -2.72. The SMILES string of the molecule is CC(=O)NC(=N[C@@H](CC1CCCCC1)C(=O)NC1(C#N)CCN(C)CC1)c1ccccc1. The molecule has 1 saturated carbocycles. The number of carbonyl (C=O) groups is 2. The van der Waals surface area contributed by atoms with Crippen molar-refractivity contribution in [3.63, 3.8) is 0 Å². The molecular weight excluding hydrogens is 402 g/mol. The molecular formula is C25H35N5O2. The fourth-order valence-electron chi connectivity index (χ4n) is 4.64. The summed E-state index contributed by atoms with van der Waals surface area (Å²) < 4.78 is 0. The zero-order valence-electron chi connectivity index (χ0n) is 19.3. The maximum Gasteiger partial charge on any atom is 0.246 e. The summed E-state index contributed by atoms with van der Waals surface area (Å²) in [6.45, 7) is 2.98. The van der Waals surface area contributed by atoms with Crippen molar-refractivity contribution in [1.82, 2.24) is 15.5 Å². The molecule has 7 heteroatoms. The molecule has 2 aliphatic rings. The van der Waals surface area contributed by atoms with E-state index in [2.05, 4.69) is 21.6 Å². The molecule has 0 radical (unpaired) electrons. The number of amides is 2. The first kappa shape index (κ1) is 23.9. The van der Waals surface area contributed by atoms with Gasteiger partial charge in [0.1, 0.15) is 17.4 Å². The van der Waals surface area contributed by atoms with E-state index in [0.29, 0.717) is 31.0 Å². The number of nitriles is 1. The first-order valence-electron chi connectivity index (χ1n) is 11.7. The first-order chi connectivity index (χ1) is 15.4. The number of hydrogen-bond donors (Lipinski definition) is 2. The number of aliphatic imine (C=N–C) groups is 1. The van der Waals surface area contributed by atoms with Gasteiger partial charge in [-0.15, -0.1) is 0 Å². The second-order valence-electron chi connectivity index (χ2n) is 9.27. The highest BCUT2D eigenvalue weighted by atomic mass is 16.2. The first-order valence-corrected chi connectivity index (χ1v) is 11.7. The van der Waals surface area contributed by atoms with Gasteiger partial charge in [-0.2, -0.15) is 5.26 Å². The molecule has 1 aromatic carbocycles. The number of benzene rings is 1. The third-order valence-electron chi connectivity index (χ3n) is 6.63. The largest absolute Gasteiger partial charge is 0.336 e. The molecule has 1 aliphatic heterocycles. The van der Waals surface area contributed by atoms with E-state index in [-0.39, 0.29) is 11.8 Å². The van der Waals surface area contributed by atoms with Crippen molar-refractivity contribution < 1.29 is 9.59 Å². The third-order valence-corrected chi connectivity index (χ3v) is 6.63. The topological polar surface area (TPSA) is 97.6 Å². The average molecular weight is 438 g/mol. The van der Waals surface area contributed by atoms with Crippen LogP contribution in [0.1, 0.15) is 63.9 Å². The van der Waals surface area contributed by atoms with Crippen LogP contribution in [0.15, 0.2) is 35.3 Å². The average Bonchev–Trinajstić information content (AvgIpc) is 2.80. The lowest BCUT2D eigenvalue weighted by molar-refractivity contribution is -0.124. The van der Waals surface area contributed by atoms with E-state index in [1.54, 1.807) is 0 Å². The fraction of sp³-hybridized carbons (Fsp3) is 0.600. The molecule has 1 saturated heterocycles. The molecule has 0 unspecified atom stereocenters. The van der Waals surface area contributed by atoms with Crippen LogP contribution in [0.2, 0.25) is 0 Å². The number of likely N-dealkylation sites (tertiary alicyclic amines) is 1. The second kappa shape index (κ2) is 11.2. The minimum Gasteiger partial charge on any atom is -0.336 e. The minimum atomic E-state index is -0.856. The summed E-state index contributed by atoms with van der Waals surface area (Å²) in [7, 11) is 2.03. The van der Waals surface area contributed by atoms with Crippen LogP contribution in [0.4, 0.5) is 0 Å². The molecule has 2 amide bonds. The molecule has 1 atom stereocenters. The van der Waals surface area contributed by atoms with Crippen molar-refractivity contribution in [2.24, 2.45) is 10.9 Å². The lowest BCUT2D eigenvalue weighted by Crippen LogP contribution is -2.56. The van der Waals surface area contributed by atoms with Crippen molar-refractivity contribution in [2.45, 2.75) is 69.9 Å². The van der Waals surface area contributed by atoms with E-state index < -0.39 is 11.6 Å². The minimum absolute atomic E-state index is 0.222. The Balaban J connectivity index is 1.87. The van der Waals surface area contributed by atoms with Crippen LogP contribution in [0, 0.1) is 17.2 Å². The van der Waals surface area contributed by atoms with Gasteiger partial charge in [0, 0.05) is 25.6 Å². The highest BCUT2D eigenvalue weighted by molar-refractivity contribution is 6.08. The zero-order valence-corrected chi connectivity index (χ0v) is 19.3. The predicted octanol–water partition coefficient (Wildman–Crippen LogP) is 3.01. The molecule has 172 valence electrons. The van der Waals surface area contributed by atoms with Gasteiger partial charge in [-0.25, -0.2) is 0 Å². The van der Waals surface area contributed by atoms with Gasteiger partial charge in [-0.05, 0) is 32.2 Å². The highest BCUT2D eigenvalue weighted by Crippen LogP contribution is 2.29. The number of nitrogens with one attached hydrogen (secondary N) is 2. The smallest absolute Gasteiger partial charge is 0.246 e. The van der Waals surface area contributed by atoms with Crippen molar-refractivity contribution >= 4 is 17.6 Å². The monoisotopic (exact) mass is 437 g/mol. The summed E-state index contributed by atoms with van der Waals surface area (Å²) in [4.78, 5) is 32.3. The molecule has 0 aromatic heterocycles. The van der Waals surface area contributed by atoms with Crippen LogP contribution >= 0.6 is 0 Å². The quantitative estimate of drug-likeness (QED) is 0.528. The lowest BCUT2D eigenvalue weighted by atomic mass is 9.84. The van der Waals surface area contributed by atoms with E-state index in [9.17, 15) is 14.9 Å². The van der Waals surface area contributed by atoms with Crippen LogP contribution in [0.5, 0.6) is 0 Å². The van der Waals surface area contributed by atoms with Gasteiger partial charge in [0.15, 0.2) is 0 Å². The van der Waals surface area contributed by atoms with Crippen molar-refractivity contribution in [2.75, 3.05) is 20.1 Å². The molecule has 1 heterocycles. The number of nitrogens with zero attached hydrogens (tertiary/aromatic N) is 3. The summed E-state index contributed by atoms with van der Waals surface area (Å²) in [6, 6.07) is 11.1. The van der Waals surface area contributed by atoms with Gasteiger partial charge in [-0.3, -0.25) is 14.6 Å². The van der Waals surface area contributed by atoms with E-state index in [4.69, 9.17) is 4.99 Å². The molecule has 7 nitrogen and oxygen atoms in total. The number of carbonyl (C=O) groups excluding carboxylic acids is 2. The number of amidine groups is 1. The molecule has 0 spiro atoms. The Bertz CT molecular complexity index is 847. The lowest BCUT2D eigenvalue weighted by Gasteiger charge is -2.37. The van der Waals surface area contributed by atoms with Crippen molar-refractivity contribution in [3.8, 4) is 6.07 Å². The van der Waals surface area contributed by atoms with Gasteiger partial charge < -0.3 is 15.5 Å². The fourth-order valence-corrected chi connectivity index (χ4v) is 4.64. The zero-order chi connectivity index (χ0) is 23.0. The van der Waals surface area contributed by atoms with Crippen LogP contribution in [-0.2, 0) is 9.59 Å². The molecule has 1 aromatic rings. The maximum atomic E-state index is 13.5. The third kappa shape index (κ3) is 6.64. The molecule has 0 bridgehead atoms. The van der Waals surface area contributed by atoms with Crippen LogP contribution in [0.25, 0.3) is 0 Å². The highest BCUT2D eigenvalue weighted by Gasteiger charge is 2.37. The molecule has 1 aliphatic carbocycles. The Morgan fingerprint density at radius 1 is 1.19 bits per heavy atom. The normalized spacial score (nSPS) is 20.7. The van der Waals surface area contributed by atoms with E-state index in [1.807, 2.05) is 37.4 Å². The predicted molar refractivity (Wildman–Crippen MR) is 125 cm³/mol. The Morgan fingerprint density at radius 3 is 2.44 bits per heavy atom. The molecule has 2 N–H and O–H groups in total. The standard InChI is InChI=1S/C25H35N5O2/c1-19(31)27-23(21-11-7-4-8-12-21)28-22(17-20-9-5-3-6-10-20)24(32)29-25(18-26)13-15-30(2)16-14-25/h4,7-8,11-12,20,22H,3,5-6,9-10,13-17H2,1-2H3,(H,29,32)(H,27,28,31)/t22-/m0/s1. The number of rotatable bonds is 6. The number of hydrogen-bond acceptors (Lipinski definition) is 5. The van der Waals surface area contributed by atoms with Gasteiger partial charge in [0.25, 0.3) is 0 Å². The summed E-state index contributed by atoms with van der Waals surface area (Å²) in [5.74, 6) is 0.380. The Labute approximate surface area is 191 Å². The van der Waals surface area contributed by atoms with Gasteiger partial charge in [-0.1, -0.05) is 62.4 Å². The van der Waals surface area contributed by atoms with E-state index in [0.717, 1.165) is 31.5 Å². The summed E-state index contributed by atoms with van der Waals surface area (Å²) in [5.41, 5.74) is -0.0939. The van der Waals surface area contributed by atoms with E-state index in [1.165, 1.54) is 26.2 Å².